The predicted molar refractivity (Wildman–Crippen MR) is 85.8 cm³/mol. The molecule has 0 aliphatic carbocycles. The third-order valence-corrected chi connectivity index (χ3v) is 3.88. The minimum Gasteiger partial charge on any atom is -0.481 e. The van der Waals surface area contributed by atoms with Gasteiger partial charge in [0.1, 0.15) is 0 Å². The first kappa shape index (κ1) is 16.9. The van der Waals surface area contributed by atoms with Gasteiger partial charge < -0.3 is 14.9 Å². The quantitative estimate of drug-likeness (QED) is 0.747. The van der Waals surface area contributed by atoms with Gasteiger partial charge in [-0.25, -0.2) is 0 Å². The van der Waals surface area contributed by atoms with Crippen LogP contribution in [0, 0.1) is 5.92 Å². The van der Waals surface area contributed by atoms with Gasteiger partial charge in [-0.2, -0.15) is 0 Å². The number of benzene rings is 1. The molecule has 1 aromatic carbocycles. The van der Waals surface area contributed by atoms with E-state index in [1.165, 1.54) is 4.90 Å². The van der Waals surface area contributed by atoms with Gasteiger partial charge in [0.25, 0.3) is 0 Å². The van der Waals surface area contributed by atoms with E-state index >= 15 is 0 Å². The first-order valence-corrected chi connectivity index (χ1v) is 7.93. The lowest BCUT2D eigenvalue weighted by atomic mass is 10.1. The molecule has 112 valence electrons. The number of hydrogen-bond donors (Lipinski definition) is 1. The third kappa shape index (κ3) is 5.43. The summed E-state index contributed by atoms with van der Waals surface area (Å²) in [5.41, 5.74) is 1.09. The number of nitrogens with zero attached hydrogens (tertiary/aromatic N) is 2. The van der Waals surface area contributed by atoms with E-state index in [-0.39, 0.29) is 5.92 Å². The molecule has 0 saturated carbocycles. The highest BCUT2D eigenvalue weighted by Gasteiger charge is 2.17. The molecule has 0 radical (unpaired) electrons. The van der Waals surface area contributed by atoms with Crippen molar-refractivity contribution >= 4 is 23.4 Å². The Balaban J connectivity index is 2.86. The SMILES string of the molecule is CSc1cccc(N(CCN(C)C)CC(C)C(=O)O)c1. The summed E-state index contributed by atoms with van der Waals surface area (Å²) in [5, 5.41) is 9.11. The number of anilines is 1. The Bertz CT molecular complexity index is 438. The number of thioether (sulfide) groups is 1. The smallest absolute Gasteiger partial charge is 0.308 e. The zero-order valence-electron chi connectivity index (χ0n) is 12.7. The molecule has 0 saturated heterocycles. The number of rotatable bonds is 8. The maximum atomic E-state index is 11.1. The minimum atomic E-state index is -0.749. The van der Waals surface area contributed by atoms with Crippen molar-refractivity contribution in [3.63, 3.8) is 0 Å². The van der Waals surface area contributed by atoms with E-state index in [9.17, 15) is 4.79 Å². The molecule has 1 atom stereocenters. The molecule has 0 fully saturated rings. The fourth-order valence-electron chi connectivity index (χ4n) is 1.86. The molecular weight excluding hydrogens is 272 g/mol. The van der Waals surface area contributed by atoms with Crippen LogP contribution in [0.25, 0.3) is 0 Å². The molecule has 1 unspecified atom stereocenters. The van der Waals surface area contributed by atoms with Crippen molar-refractivity contribution in [3.8, 4) is 0 Å². The largest absolute Gasteiger partial charge is 0.481 e. The lowest BCUT2D eigenvalue weighted by Crippen LogP contribution is -2.36. The Morgan fingerprint density at radius 2 is 2.05 bits per heavy atom. The molecule has 0 aromatic heterocycles. The van der Waals surface area contributed by atoms with Crippen LogP contribution < -0.4 is 4.90 Å². The van der Waals surface area contributed by atoms with Crippen LogP contribution in [0.3, 0.4) is 0 Å². The number of hydrogen-bond acceptors (Lipinski definition) is 4. The van der Waals surface area contributed by atoms with Gasteiger partial charge >= 0.3 is 5.97 Å². The number of aliphatic carboxylic acids is 1. The average molecular weight is 296 g/mol. The fraction of sp³-hybridized carbons (Fsp3) is 0.533. The standard InChI is InChI=1S/C15H24N2O2S/c1-12(15(18)19)11-17(9-8-16(2)3)13-6-5-7-14(10-13)20-4/h5-7,10,12H,8-9,11H2,1-4H3,(H,18,19). The van der Waals surface area contributed by atoms with Crippen molar-refractivity contribution in [2.75, 3.05) is 44.9 Å². The lowest BCUT2D eigenvalue weighted by Gasteiger charge is -2.28. The van der Waals surface area contributed by atoms with Crippen LogP contribution in [0.5, 0.6) is 0 Å². The lowest BCUT2D eigenvalue weighted by molar-refractivity contribution is -0.140. The van der Waals surface area contributed by atoms with Gasteiger partial charge in [-0.1, -0.05) is 13.0 Å². The van der Waals surface area contributed by atoms with Crippen LogP contribution in [-0.4, -0.2) is 56.0 Å². The summed E-state index contributed by atoms with van der Waals surface area (Å²) in [4.78, 5) is 16.5. The van der Waals surface area contributed by atoms with Crippen LogP contribution in [0.4, 0.5) is 5.69 Å². The molecule has 1 rings (SSSR count). The van der Waals surface area contributed by atoms with Gasteiger partial charge in [0.15, 0.2) is 0 Å². The van der Waals surface area contributed by atoms with E-state index in [1.54, 1.807) is 18.7 Å². The second kappa shape index (κ2) is 8.17. The molecule has 0 aliphatic rings. The maximum absolute atomic E-state index is 11.1. The van der Waals surface area contributed by atoms with Gasteiger partial charge in [0, 0.05) is 30.2 Å². The summed E-state index contributed by atoms with van der Waals surface area (Å²) in [7, 11) is 4.05. The monoisotopic (exact) mass is 296 g/mol. The average Bonchev–Trinajstić information content (AvgIpc) is 2.42. The van der Waals surface area contributed by atoms with Gasteiger partial charge in [-0.15, -0.1) is 11.8 Å². The highest BCUT2D eigenvalue weighted by atomic mass is 32.2. The van der Waals surface area contributed by atoms with E-state index in [2.05, 4.69) is 21.9 Å². The Labute approximate surface area is 125 Å². The van der Waals surface area contributed by atoms with Crippen LogP contribution in [-0.2, 0) is 4.79 Å². The van der Waals surface area contributed by atoms with Crippen LogP contribution >= 0.6 is 11.8 Å². The summed E-state index contributed by atoms with van der Waals surface area (Å²) >= 11 is 1.70. The Morgan fingerprint density at radius 1 is 1.35 bits per heavy atom. The van der Waals surface area contributed by atoms with Gasteiger partial charge in [0.05, 0.1) is 5.92 Å². The second-order valence-electron chi connectivity index (χ2n) is 5.19. The van der Waals surface area contributed by atoms with E-state index < -0.39 is 5.97 Å². The van der Waals surface area contributed by atoms with Crippen molar-refractivity contribution in [1.82, 2.24) is 4.90 Å². The molecule has 4 nitrogen and oxygen atoms in total. The molecule has 5 heteroatoms. The van der Waals surface area contributed by atoms with E-state index in [0.717, 1.165) is 18.8 Å². The first-order valence-electron chi connectivity index (χ1n) is 6.70. The predicted octanol–water partition coefficient (Wildman–Crippen LogP) is 2.50. The van der Waals surface area contributed by atoms with Crippen molar-refractivity contribution in [3.05, 3.63) is 24.3 Å². The van der Waals surface area contributed by atoms with Crippen molar-refractivity contribution in [2.45, 2.75) is 11.8 Å². The van der Waals surface area contributed by atoms with Gasteiger partial charge in [-0.05, 0) is 38.6 Å². The molecule has 20 heavy (non-hydrogen) atoms. The Kier molecular flexibility index (Phi) is 6.88. The summed E-state index contributed by atoms with van der Waals surface area (Å²) in [6.45, 7) is 4.00. The number of carboxylic acids is 1. The topological polar surface area (TPSA) is 43.8 Å². The van der Waals surface area contributed by atoms with Gasteiger partial charge in [-0.3, -0.25) is 4.79 Å². The molecule has 1 aromatic rings. The van der Waals surface area contributed by atoms with Crippen molar-refractivity contribution < 1.29 is 9.90 Å². The summed E-state index contributed by atoms with van der Waals surface area (Å²) < 4.78 is 0. The fourth-order valence-corrected chi connectivity index (χ4v) is 2.32. The Morgan fingerprint density at radius 3 is 2.60 bits per heavy atom. The highest BCUT2D eigenvalue weighted by molar-refractivity contribution is 7.98. The first-order chi connectivity index (χ1) is 9.43. The minimum absolute atomic E-state index is 0.380. The zero-order valence-corrected chi connectivity index (χ0v) is 13.5. The molecule has 0 bridgehead atoms. The number of carbonyl (C=O) groups is 1. The van der Waals surface area contributed by atoms with E-state index in [1.807, 2.05) is 32.5 Å². The maximum Gasteiger partial charge on any atom is 0.308 e. The van der Waals surface area contributed by atoms with Crippen molar-refractivity contribution in [1.29, 1.82) is 0 Å². The summed E-state index contributed by atoms with van der Waals surface area (Å²) in [6, 6.07) is 8.26. The molecule has 0 amide bonds. The number of carboxylic acid groups (broad SMARTS) is 1. The van der Waals surface area contributed by atoms with E-state index in [0.29, 0.717) is 6.54 Å². The second-order valence-corrected chi connectivity index (χ2v) is 6.07. The Hall–Kier alpha value is -1.20. The molecule has 0 aliphatic heterocycles. The summed E-state index contributed by atoms with van der Waals surface area (Å²) in [6.07, 6.45) is 2.04. The van der Waals surface area contributed by atoms with Crippen LogP contribution in [0.2, 0.25) is 0 Å². The van der Waals surface area contributed by atoms with Crippen LogP contribution in [0.1, 0.15) is 6.92 Å². The van der Waals surface area contributed by atoms with Crippen LogP contribution in [0.15, 0.2) is 29.2 Å². The summed E-state index contributed by atoms with van der Waals surface area (Å²) in [5.74, 6) is -1.13. The zero-order chi connectivity index (χ0) is 15.1. The molecular formula is C15H24N2O2S. The normalized spacial score (nSPS) is 12.4. The van der Waals surface area contributed by atoms with Crippen molar-refractivity contribution in [2.24, 2.45) is 5.92 Å². The van der Waals surface area contributed by atoms with E-state index in [4.69, 9.17) is 5.11 Å². The highest BCUT2D eigenvalue weighted by Crippen LogP contribution is 2.23. The molecule has 0 heterocycles. The molecule has 0 spiro atoms. The van der Waals surface area contributed by atoms with Gasteiger partial charge in [0.2, 0.25) is 0 Å². The molecule has 1 N–H and O–H groups in total. The number of likely N-dealkylation sites (N-methyl/N-ethyl adjacent to an activating group) is 1. The third-order valence-electron chi connectivity index (χ3n) is 3.15.